The lowest BCUT2D eigenvalue weighted by molar-refractivity contribution is -0.122. The Kier molecular flexibility index (Phi) is 3.99. The summed E-state index contributed by atoms with van der Waals surface area (Å²) in [5, 5.41) is 6.05. The molecule has 0 aromatic heterocycles. The van der Waals surface area contributed by atoms with Crippen LogP contribution < -0.4 is 16.4 Å². The minimum absolute atomic E-state index is 0.0191. The summed E-state index contributed by atoms with van der Waals surface area (Å²) in [6, 6.07) is 7.04. The number of nitrogens with one attached hydrogen (secondary N) is 2. The Morgan fingerprint density at radius 3 is 2.24 bits per heavy atom. The smallest absolute Gasteiger partial charge is 0.242 e. The molecule has 0 saturated heterocycles. The lowest BCUT2D eigenvalue weighted by Crippen LogP contribution is -2.47. The number of rotatable bonds is 3. The van der Waals surface area contributed by atoms with E-state index in [1.165, 1.54) is 0 Å². The predicted octanol–water partition coefficient (Wildman–Crippen LogP) is 1.98. The van der Waals surface area contributed by atoms with Gasteiger partial charge in [-0.3, -0.25) is 4.79 Å². The highest BCUT2D eigenvalue weighted by Gasteiger charge is 2.18. The molecule has 0 aliphatic heterocycles. The molecule has 0 bridgehead atoms. The van der Waals surface area contributed by atoms with Crippen molar-refractivity contribution in [2.24, 2.45) is 0 Å². The Balaban J connectivity index is 2.57. The van der Waals surface area contributed by atoms with Crippen molar-refractivity contribution >= 4 is 17.3 Å². The van der Waals surface area contributed by atoms with Crippen molar-refractivity contribution in [2.45, 2.75) is 39.3 Å². The van der Waals surface area contributed by atoms with Crippen molar-refractivity contribution in [3.63, 3.8) is 0 Å². The van der Waals surface area contributed by atoms with Gasteiger partial charge in [-0.1, -0.05) is 0 Å². The highest BCUT2D eigenvalue weighted by molar-refractivity contribution is 5.84. The average molecular weight is 235 g/mol. The number of nitrogens with two attached hydrogens (primary N) is 1. The van der Waals surface area contributed by atoms with Crippen LogP contribution in [0.1, 0.15) is 27.7 Å². The van der Waals surface area contributed by atoms with Crippen LogP contribution in [0, 0.1) is 0 Å². The summed E-state index contributed by atoms with van der Waals surface area (Å²) in [5.41, 5.74) is 6.97. The molecule has 0 aliphatic rings. The van der Waals surface area contributed by atoms with Gasteiger partial charge in [-0.05, 0) is 52.0 Å². The van der Waals surface area contributed by atoms with Crippen molar-refractivity contribution in [1.82, 2.24) is 5.32 Å². The lowest BCUT2D eigenvalue weighted by Gasteiger charge is -2.24. The molecule has 1 rings (SSSR count). The van der Waals surface area contributed by atoms with Crippen LogP contribution in [0.15, 0.2) is 24.3 Å². The van der Waals surface area contributed by atoms with Crippen molar-refractivity contribution < 1.29 is 4.79 Å². The fourth-order valence-corrected chi connectivity index (χ4v) is 1.37. The fourth-order valence-electron chi connectivity index (χ4n) is 1.37. The van der Waals surface area contributed by atoms with Crippen LogP contribution in [0.4, 0.5) is 11.4 Å². The first-order valence-corrected chi connectivity index (χ1v) is 5.72. The van der Waals surface area contributed by atoms with E-state index in [1.807, 2.05) is 39.8 Å². The Morgan fingerprint density at radius 1 is 1.24 bits per heavy atom. The molecule has 0 radical (unpaired) electrons. The van der Waals surface area contributed by atoms with E-state index in [9.17, 15) is 4.79 Å². The second kappa shape index (κ2) is 5.08. The number of carbonyl (C=O) groups is 1. The third-order valence-corrected chi connectivity index (χ3v) is 2.19. The second-order valence-electron chi connectivity index (χ2n) is 5.23. The molecule has 4 heteroatoms. The zero-order chi connectivity index (χ0) is 13.1. The molecule has 17 heavy (non-hydrogen) atoms. The molecule has 4 N–H and O–H groups in total. The maximum atomic E-state index is 11.8. The van der Waals surface area contributed by atoms with E-state index in [1.54, 1.807) is 12.1 Å². The van der Waals surface area contributed by atoms with Crippen molar-refractivity contribution in [2.75, 3.05) is 11.1 Å². The molecule has 0 aliphatic carbocycles. The van der Waals surface area contributed by atoms with E-state index >= 15 is 0 Å². The third-order valence-electron chi connectivity index (χ3n) is 2.19. The summed E-state index contributed by atoms with van der Waals surface area (Å²) in [7, 11) is 0. The van der Waals surface area contributed by atoms with Gasteiger partial charge in [-0.25, -0.2) is 0 Å². The molecule has 4 nitrogen and oxygen atoms in total. The Labute approximate surface area is 103 Å². The number of hydrogen-bond donors (Lipinski definition) is 3. The Hall–Kier alpha value is -1.71. The maximum Gasteiger partial charge on any atom is 0.242 e. The molecule has 0 heterocycles. The molecule has 1 unspecified atom stereocenters. The van der Waals surface area contributed by atoms with Crippen LogP contribution in [0.2, 0.25) is 0 Å². The van der Waals surface area contributed by atoms with Gasteiger partial charge in [0.25, 0.3) is 0 Å². The number of anilines is 2. The number of benzene rings is 1. The molecule has 1 aromatic carbocycles. The van der Waals surface area contributed by atoms with Gasteiger partial charge < -0.3 is 16.4 Å². The van der Waals surface area contributed by atoms with Crippen molar-refractivity contribution in [3.8, 4) is 0 Å². The van der Waals surface area contributed by atoms with Gasteiger partial charge in [0, 0.05) is 16.9 Å². The average Bonchev–Trinajstić information content (AvgIpc) is 2.19. The van der Waals surface area contributed by atoms with E-state index in [-0.39, 0.29) is 17.5 Å². The summed E-state index contributed by atoms with van der Waals surface area (Å²) in [4.78, 5) is 11.8. The number of amides is 1. The van der Waals surface area contributed by atoms with Crippen molar-refractivity contribution in [3.05, 3.63) is 24.3 Å². The molecule has 94 valence electrons. The third kappa shape index (κ3) is 4.76. The van der Waals surface area contributed by atoms with E-state index in [0.29, 0.717) is 5.69 Å². The summed E-state index contributed by atoms with van der Waals surface area (Å²) in [5.74, 6) is -0.0191. The largest absolute Gasteiger partial charge is 0.399 e. The van der Waals surface area contributed by atoms with Crippen LogP contribution >= 0.6 is 0 Å². The number of carbonyl (C=O) groups excluding carboxylic acids is 1. The van der Waals surface area contributed by atoms with Gasteiger partial charge in [0.2, 0.25) is 5.91 Å². The first-order valence-electron chi connectivity index (χ1n) is 5.72. The first-order chi connectivity index (χ1) is 7.78. The van der Waals surface area contributed by atoms with E-state index < -0.39 is 0 Å². The summed E-state index contributed by atoms with van der Waals surface area (Å²) >= 11 is 0. The summed E-state index contributed by atoms with van der Waals surface area (Å²) in [6.45, 7) is 7.71. The minimum Gasteiger partial charge on any atom is -0.399 e. The minimum atomic E-state index is -0.280. The summed E-state index contributed by atoms with van der Waals surface area (Å²) < 4.78 is 0. The van der Waals surface area contributed by atoms with E-state index in [2.05, 4.69) is 10.6 Å². The number of hydrogen-bond acceptors (Lipinski definition) is 3. The topological polar surface area (TPSA) is 67.1 Å². The van der Waals surface area contributed by atoms with Gasteiger partial charge in [0.15, 0.2) is 0 Å². The molecule has 0 spiro atoms. The molecule has 1 atom stereocenters. The van der Waals surface area contributed by atoms with Crippen LogP contribution in [-0.2, 0) is 4.79 Å². The van der Waals surface area contributed by atoms with Crippen LogP contribution in [0.25, 0.3) is 0 Å². The van der Waals surface area contributed by atoms with Gasteiger partial charge in [-0.15, -0.1) is 0 Å². The van der Waals surface area contributed by atoms with E-state index in [0.717, 1.165) is 5.69 Å². The number of nitrogen functional groups attached to an aromatic ring is 1. The Morgan fingerprint density at radius 2 is 1.76 bits per heavy atom. The maximum absolute atomic E-state index is 11.8. The standard InChI is InChI=1S/C13H21N3O/c1-9(12(17)16-13(2,3)4)15-11-7-5-10(14)6-8-11/h5-9,15H,14H2,1-4H3,(H,16,17). The van der Waals surface area contributed by atoms with Gasteiger partial charge in [0.05, 0.1) is 0 Å². The van der Waals surface area contributed by atoms with Crippen LogP contribution in [0.3, 0.4) is 0 Å². The first kappa shape index (κ1) is 13.4. The molecule has 1 amide bonds. The zero-order valence-electron chi connectivity index (χ0n) is 10.9. The highest BCUT2D eigenvalue weighted by Crippen LogP contribution is 2.12. The zero-order valence-corrected chi connectivity index (χ0v) is 10.9. The highest BCUT2D eigenvalue weighted by atomic mass is 16.2. The molecule has 0 fully saturated rings. The van der Waals surface area contributed by atoms with Crippen LogP contribution in [0.5, 0.6) is 0 Å². The fraction of sp³-hybridized carbons (Fsp3) is 0.462. The Bertz CT molecular complexity index is 379. The molecular weight excluding hydrogens is 214 g/mol. The predicted molar refractivity (Wildman–Crippen MR) is 71.8 cm³/mol. The van der Waals surface area contributed by atoms with Gasteiger partial charge in [0.1, 0.15) is 6.04 Å². The molecular formula is C13H21N3O. The van der Waals surface area contributed by atoms with Gasteiger partial charge >= 0.3 is 0 Å². The molecule has 1 aromatic rings. The normalized spacial score (nSPS) is 12.9. The summed E-state index contributed by atoms with van der Waals surface area (Å²) in [6.07, 6.45) is 0. The van der Waals surface area contributed by atoms with Crippen molar-refractivity contribution in [1.29, 1.82) is 0 Å². The molecule has 0 saturated carbocycles. The lowest BCUT2D eigenvalue weighted by atomic mass is 10.1. The monoisotopic (exact) mass is 235 g/mol. The van der Waals surface area contributed by atoms with E-state index in [4.69, 9.17) is 5.73 Å². The van der Waals surface area contributed by atoms with Gasteiger partial charge in [-0.2, -0.15) is 0 Å². The second-order valence-corrected chi connectivity index (χ2v) is 5.23. The SMILES string of the molecule is CC(Nc1ccc(N)cc1)C(=O)NC(C)(C)C. The van der Waals surface area contributed by atoms with Crippen LogP contribution in [-0.4, -0.2) is 17.5 Å². The quantitative estimate of drug-likeness (QED) is 0.702.